The van der Waals surface area contributed by atoms with Gasteiger partial charge in [-0.05, 0) is 74.9 Å². The fourth-order valence-electron chi connectivity index (χ4n) is 4.53. The van der Waals surface area contributed by atoms with Gasteiger partial charge in [0.25, 0.3) is 0 Å². The zero-order valence-corrected chi connectivity index (χ0v) is 22.6. The molecule has 7 heteroatoms. The van der Waals surface area contributed by atoms with Gasteiger partial charge in [0.1, 0.15) is 11.5 Å². The summed E-state index contributed by atoms with van der Waals surface area (Å²) in [6, 6.07) is 22.7. The minimum Gasteiger partial charge on any atom is -0.497 e. The Bertz CT molecular complexity index is 1540. The predicted octanol–water partition coefficient (Wildman–Crippen LogP) is 7.01. The van der Waals surface area contributed by atoms with Crippen molar-refractivity contribution in [2.45, 2.75) is 31.7 Å². The molecule has 0 unspecified atom stereocenters. The number of rotatable bonds is 8. The Hall–Kier alpha value is -3.84. The number of nitrogens with zero attached hydrogens (tertiary/aromatic N) is 4. The summed E-state index contributed by atoms with van der Waals surface area (Å²) in [6.07, 6.45) is 0. The van der Waals surface area contributed by atoms with E-state index in [0.717, 1.165) is 56.0 Å². The standard InChI is InChI=1S/C30H30N4O2S/c1-6-36-24-11-12-27-25(16-24)26(17-28(31-27)22-7-9-23(35-5)10-8-22)29-32-33-30(34(29)4)37-18-21-14-19(2)13-20(3)15-21/h7-17H,6,18H2,1-5H3. The van der Waals surface area contributed by atoms with Gasteiger partial charge in [-0.1, -0.05) is 41.1 Å². The molecule has 0 aliphatic carbocycles. The molecule has 0 bridgehead atoms. The summed E-state index contributed by atoms with van der Waals surface area (Å²) in [5.41, 5.74) is 7.53. The van der Waals surface area contributed by atoms with Crippen LogP contribution < -0.4 is 9.47 Å². The molecule has 0 saturated heterocycles. The van der Waals surface area contributed by atoms with Gasteiger partial charge in [-0.25, -0.2) is 4.98 Å². The monoisotopic (exact) mass is 510 g/mol. The zero-order chi connectivity index (χ0) is 25.9. The Morgan fingerprint density at radius 1 is 0.865 bits per heavy atom. The number of aromatic nitrogens is 4. The number of thioether (sulfide) groups is 1. The van der Waals surface area contributed by atoms with Gasteiger partial charge >= 0.3 is 0 Å². The lowest BCUT2D eigenvalue weighted by molar-refractivity contribution is 0.340. The van der Waals surface area contributed by atoms with Crippen LogP contribution in [0.4, 0.5) is 0 Å². The van der Waals surface area contributed by atoms with Crippen molar-refractivity contribution in [1.29, 1.82) is 0 Å². The molecule has 0 N–H and O–H groups in total. The van der Waals surface area contributed by atoms with Crippen LogP contribution in [-0.2, 0) is 12.8 Å². The van der Waals surface area contributed by atoms with Crippen molar-refractivity contribution in [2.24, 2.45) is 7.05 Å². The first-order valence-electron chi connectivity index (χ1n) is 12.3. The third-order valence-electron chi connectivity index (χ3n) is 6.20. The highest BCUT2D eigenvalue weighted by Gasteiger charge is 2.17. The summed E-state index contributed by atoms with van der Waals surface area (Å²) in [5.74, 6) is 3.24. The summed E-state index contributed by atoms with van der Waals surface area (Å²) in [6.45, 7) is 6.85. The number of ether oxygens (including phenoxy) is 2. The summed E-state index contributed by atoms with van der Waals surface area (Å²) in [5, 5.41) is 11.0. The van der Waals surface area contributed by atoms with Gasteiger partial charge in [0.15, 0.2) is 11.0 Å². The lowest BCUT2D eigenvalue weighted by Gasteiger charge is -2.12. The maximum Gasteiger partial charge on any atom is 0.191 e. The fourth-order valence-corrected chi connectivity index (χ4v) is 5.37. The van der Waals surface area contributed by atoms with Crippen molar-refractivity contribution in [3.63, 3.8) is 0 Å². The first kappa shape index (κ1) is 24.8. The van der Waals surface area contributed by atoms with Crippen LogP contribution in [0.25, 0.3) is 33.5 Å². The molecular formula is C30H30N4O2S. The van der Waals surface area contributed by atoms with Crippen LogP contribution in [0.1, 0.15) is 23.6 Å². The maximum atomic E-state index is 5.80. The Balaban J connectivity index is 1.57. The number of fused-ring (bicyclic) bond motifs is 1. The average molecular weight is 511 g/mol. The minimum atomic E-state index is 0.599. The largest absolute Gasteiger partial charge is 0.497 e. The van der Waals surface area contributed by atoms with Gasteiger partial charge in [-0.2, -0.15) is 0 Å². The molecule has 2 heterocycles. The second-order valence-electron chi connectivity index (χ2n) is 9.05. The molecule has 0 aliphatic heterocycles. The quantitative estimate of drug-likeness (QED) is 0.209. The first-order chi connectivity index (χ1) is 17.9. The van der Waals surface area contributed by atoms with Crippen molar-refractivity contribution in [3.05, 3.63) is 83.4 Å². The van der Waals surface area contributed by atoms with Gasteiger partial charge in [-0.15, -0.1) is 10.2 Å². The SMILES string of the molecule is CCOc1ccc2nc(-c3ccc(OC)cc3)cc(-c3nnc(SCc4cc(C)cc(C)c4)n3C)c2c1. The molecule has 0 radical (unpaired) electrons. The number of hydrogen-bond donors (Lipinski definition) is 0. The highest BCUT2D eigenvalue weighted by molar-refractivity contribution is 7.98. The highest BCUT2D eigenvalue weighted by Crippen LogP contribution is 2.35. The van der Waals surface area contributed by atoms with E-state index in [1.807, 2.05) is 56.4 Å². The van der Waals surface area contributed by atoms with Crippen molar-refractivity contribution in [2.75, 3.05) is 13.7 Å². The minimum absolute atomic E-state index is 0.599. The summed E-state index contributed by atoms with van der Waals surface area (Å²) < 4.78 is 13.2. The van der Waals surface area contributed by atoms with Crippen LogP contribution in [-0.4, -0.2) is 33.5 Å². The molecule has 5 rings (SSSR count). The lowest BCUT2D eigenvalue weighted by Crippen LogP contribution is -1.98. The smallest absolute Gasteiger partial charge is 0.191 e. The van der Waals surface area contributed by atoms with Crippen LogP contribution in [0.15, 0.2) is 71.9 Å². The fraction of sp³-hybridized carbons (Fsp3) is 0.233. The molecule has 6 nitrogen and oxygen atoms in total. The highest BCUT2D eigenvalue weighted by atomic mass is 32.2. The van der Waals surface area contributed by atoms with E-state index in [4.69, 9.17) is 14.5 Å². The van der Waals surface area contributed by atoms with Crippen LogP contribution in [0, 0.1) is 13.8 Å². The van der Waals surface area contributed by atoms with E-state index in [0.29, 0.717) is 6.61 Å². The topological polar surface area (TPSA) is 62.1 Å². The number of methoxy groups -OCH3 is 1. The van der Waals surface area contributed by atoms with Crippen LogP contribution in [0.3, 0.4) is 0 Å². The van der Waals surface area contributed by atoms with Crippen molar-refractivity contribution < 1.29 is 9.47 Å². The third-order valence-corrected chi connectivity index (χ3v) is 7.29. The molecule has 3 aromatic carbocycles. The molecule has 5 aromatic rings. The van der Waals surface area contributed by atoms with E-state index in [1.165, 1.54) is 16.7 Å². The van der Waals surface area contributed by atoms with Crippen molar-refractivity contribution in [3.8, 4) is 34.1 Å². The van der Waals surface area contributed by atoms with Gasteiger partial charge in [0, 0.05) is 29.3 Å². The van der Waals surface area contributed by atoms with Crippen molar-refractivity contribution >= 4 is 22.7 Å². The third kappa shape index (κ3) is 5.32. The molecule has 0 aliphatic rings. The summed E-state index contributed by atoms with van der Waals surface area (Å²) in [4.78, 5) is 4.96. The van der Waals surface area contributed by atoms with Gasteiger partial charge < -0.3 is 14.0 Å². The number of hydrogen-bond acceptors (Lipinski definition) is 6. The van der Waals surface area contributed by atoms with Gasteiger partial charge in [-0.3, -0.25) is 0 Å². The van der Waals surface area contributed by atoms with E-state index in [-0.39, 0.29) is 0 Å². The van der Waals surface area contributed by atoms with Crippen LogP contribution in [0.5, 0.6) is 11.5 Å². The van der Waals surface area contributed by atoms with E-state index in [2.05, 4.69) is 52.9 Å². The molecule has 0 amide bonds. The second kappa shape index (κ2) is 10.6. The van der Waals surface area contributed by atoms with Crippen LogP contribution >= 0.6 is 11.8 Å². The molecule has 2 aromatic heterocycles. The van der Waals surface area contributed by atoms with E-state index < -0.39 is 0 Å². The number of benzene rings is 3. The van der Waals surface area contributed by atoms with E-state index in [1.54, 1.807) is 18.9 Å². The van der Waals surface area contributed by atoms with Crippen LogP contribution in [0.2, 0.25) is 0 Å². The van der Waals surface area contributed by atoms with Gasteiger partial charge in [0.2, 0.25) is 0 Å². The second-order valence-corrected chi connectivity index (χ2v) is 9.99. The molecule has 37 heavy (non-hydrogen) atoms. The molecule has 188 valence electrons. The summed E-state index contributed by atoms with van der Waals surface area (Å²) >= 11 is 1.69. The number of pyridine rings is 1. The first-order valence-corrected chi connectivity index (χ1v) is 13.3. The molecule has 0 fully saturated rings. The number of aryl methyl sites for hydroxylation is 2. The summed E-state index contributed by atoms with van der Waals surface area (Å²) in [7, 11) is 3.69. The Kier molecular flexibility index (Phi) is 7.15. The van der Waals surface area contributed by atoms with Crippen molar-refractivity contribution in [1.82, 2.24) is 19.7 Å². The molecule has 0 saturated carbocycles. The zero-order valence-electron chi connectivity index (χ0n) is 21.8. The molecular weight excluding hydrogens is 480 g/mol. The van der Waals surface area contributed by atoms with E-state index >= 15 is 0 Å². The molecule has 0 atom stereocenters. The average Bonchev–Trinajstić information content (AvgIpc) is 3.26. The maximum absolute atomic E-state index is 5.80. The Morgan fingerprint density at radius 3 is 2.30 bits per heavy atom. The normalized spacial score (nSPS) is 11.2. The lowest BCUT2D eigenvalue weighted by atomic mass is 10.0. The Morgan fingerprint density at radius 2 is 1.59 bits per heavy atom. The Labute approximate surface area is 221 Å². The predicted molar refractivity (Wildman–Crippen MR) is 150 cm³/mol. The molecule has 0 spiro atoms. The van der Waals surface area contributed by atoms with Gasteiger partial charge in [0.05, 0.1) is 24.9 Å². The van der Waals surface area contributed by atoms with E-state index in [9.17, 15) is 0 Å².